The molecule has 0 saturated heterocycles. The van der Waals surface area contributed by atoms with Crippen LogP contribution in [0.15, 0.2) is 47.1 Å². The second kappa shape index (κ2) is 8.61. The van der Waals surface area contributed by atoms with E-state index in [-0.39, 0.29) is 0 Å². The van der Waals surface area contributed by atoms with Gasteiger partial charge in [0.25, 0.3) is 0 Å². The summed E-state index contributed by atoms with van der Waals surface area (Å²) in [5.41, 5.74) is 1.27. The van der Waals surface area contributed by atoms with Crippen molar-refractivity contribution in [2.24, 2.45) is 0 Å². The Labute approximate surface area is 133 Å². The van der Waals surface area contributed by atoms with Gasteiger partial charge in [-0.3, -0.25) is 4.90 Å². The molecule has 0 aliphatic rings. The van der Waals surface area contributed by atoms with Crippen molar-refractivity contribution in [1.29, 1.82) is 0 Å². The van der Waals surface area contributed by atoms with Gasteiger partial charge in [0.15, 0.2) is 0 Å². The van der Waals surface area contributed by atoms with Gasteiger partial charge in [0.05, 0.1) is 19.9 Å². The minimum atomic E-state index is 0.320. The first-order valence-electron chi connectivity index (χ1n) is 7.89. The molecule has 4 heteroatoms. The highest BCUT2D eigenvalue weighted by Gasteiger charge is 2.18. The number of hydrogen-bond acceptors (Lipinski definition) is 4. The maximum absolute atomic E-state index is 5.37. The largest absolute Gasteiger partial charge is 0.497 e. The first kappa shape index (κ1) is 16.6. The highest BCUT2D eigenvalue weighted by Crippen LogP contribution is 2.23. The van der Waals surface area contributed by atoms with E-state index in [0.717, 1.165) is 37.7 Å². The zero-order valence-corrected chi connectivity index (χ0v) is 13.7. The molecule has 0 fully saturated rings. The van der Waals surface area contributed by atoms with Gasteiger partial charge in [-0.15, -0.1) is 0 Å². The predicted molar refractivity (Wildman–Crippen MR) is 89.1 cm³/mol. The fourth-order valence-corrected chi connectivity index (χ4v) is 2.72. The third kappa shape index (κ3) is 4.36. The SMILES string of the molecule is CCN(CC)C(CNCc1ccco1)c1cccc(OC)c1. The fourth-order valence-electron chi connectivity index (χ4n) is 2.72. The third-order valence-corrected chi connectivity index (χ3v) is 3.95. The summed E-state index contributed by atoms with van der Waals surface area (Å²) in [6, 6.07) is 12.6. The van der Waals surface area contributed by atoms with E-state index in [4.69, 9.17) is 9.15 Å². The van der Waals surface area contributed by atoms with E-state index in [1.807, 2.05) is 18.2 Å². The van der Waals surface area contributed by atoms with Crippen LogP contribution in [-0.2, 0) is 6.54 Å². The molecule has 0 bridgehead atoms. The van der Waals surface area contributed by atoms with E-state index in [0.29, 0.717) is 6.04 Å². The van der Waals surface area contributed by atoms with Crippen LogP contribution in [0.25, 0.3) is 0 Å². The van der Waals surface area contributed by atoms with Gasteiger partial charge in [-0.05, 0) is 42.9 Å². The first-order valence-corrected chi connectivity index (χ1v) is 7.89. The van der Waals surface area contributed by atoms with E-state index >= 15 is 0 Å². The molecule has 0 amide bonds. The van der Waals surface area contributed by atoms with Gasteiger partial charge in [-0.2, -0.15) is 0 Å². The summed E-state index contributed by atoms with van der Waals surface area (Å²) in [5.74, 6) is 1.87. The molecule has 4 nitrogen and oxygen atoms in total. The number of methoxy groups -OCH3 is 1. The maximum atomic E-state index is 5.37. The molecule has 0 spiro atoms. The number of ether oxygens (including phenoxy) is 1. The Morgan fingerprint density at radius 2 is 2.00 bits per heavy atom. The van der Waals surface area contributed by atoms with E-state index in [1.165, 1.54) is 5.56 Å². The van der Waals surface area contributed by atoms with Gasteiger partial charge < -0.3 is 14.5 Å². The van der Waals surface area contributed by atoms with Crippen LogP contribution < -0.4 is 10.1 Å². The average Bonchev–Trinajstić information content (AvgIpc) is 3.08. The molecule has 0 saturated carbocycles. The number of nitrogens with zero attached hydrogens (tertiary/aromatic N) is 1. The Morgan fingerprint density at radius 3 is 2.64 bits per heavy atom. The van der Waals surface area contributed by atoms with Gasteiger partial charge >= 0.3 is 0 Å². The number of hydrogen-bond donors (Lipinski definition) is 1. The van der Waals surface area contributed by atoms with Crippen molar-refractivity contribution in [1.82, 2.24) is 10.2 Å². The maximum Gasteiger partial charge on any atom is 0.119 e. The molecular formula is C18H26N2O2. The Bertz CT molecular complexity index is 536. The van der Waals surface area contributed by atoms with Gasteiger partial charge in [0.2, 0.25) is 0 Å². The summed E-state index contributed by atoms with van der Waals surface area (Å²) in [7, 11) is 1.71. The Hall–Kier alpha value is -1.78. The van der Waals surface area contributed by atoms with Crippen molar-refractivity contribution in [3.8, 4) is 5.75 Å². The Kier molecular flexibility index (Phi) is 6.49. The fraction of sp³-hybridized carbons (Fsp3) is 0.444. The minimum absolute atomic E-state index is 0.320. The van der Waals surface area contributed by atoms with Crippen LogP contribution in [0.1, 0.15) is 31.2 Å². The van der Waals surface area contributed by atoms with E-state index < -0.39 is 0 Å². The number of nitrogens with one attached hydrogen (secondary N) is 1. The summed E-state index contributed by atoms with van der Waals surface area (Å²) in [4.78, 5) is 2.45. The molecule has 1 heterocycles. The number of benzene rings is 1. The lowest BCUT2D eigenvalue weighted by Gasteiger charge is -2.30. The van der Waals surface area contributed by atoms with Crippen LogP contribution in [0, 0.1) is 0 Å². The smallest absolute Gasteiger partial charge is 0.119 e. The molecule has 22 heavy (non-hydrogen) atoms. The van der Waals surface area contributed by atoms with Crippen molar-refractivity contribution in [3.05, 3.63) is 54.0 Å². The predicted octanol–water partition coefficient (Wildman–Crippen LogP) is 3.46. The molecule has 120 valence electrons. The highest BCUT2D eigenvalue weighted by atomic mass is 16.5. The van der Waals surface area contributed by atoms with Gasteiger partial charge in [0.1, 0.15) is 11.5 Å². The van der Waals surface area contributed by atoms with Crippen LogP contribution in [0.2, 0.25) is 0 Å². The molecule has 1 aromatic heterocycles. The Balaban J connectivity index is 2.07. The quantitative estimate of drug-likeness (QED) is 0.770. The van der Waals surface area contributed by atoms with Crippen molar-refractivity contribution < 1.29 is 9.15 Å². The number of furan rings is 1. The molecule has 0 aliphatic carbocycles. The summed E-state index contributed by atoms with van der Waals surface area (Å²) in [6.07, 6.45) is 1.71. The summed E-state index contributed by atoms with van der Waals surface area (Å²) in [6.45, 7) is 8.04. The molecule has 0 aliphatic heterocycles. The van der Waals surface area contributed by atoms with Crippen LogP contribution in [0.3, 0.4) is 0 Å². The second-order valence-corrected chi connectivity index (χ2v) is 5.22. The van der Waals surface area contributed by atoms with Gasteiger partial charge in [0, 0.05) is 12.6 Å². The van der Waals surface area contributed by atoms with E-state index in [1.54, 1.807) is 13.4 Å². The van der Waals surface area contributed by atoms with Crippen LogP contribution in [0.4, 0.5) is 0 Å². The van der Waals surface area contributed by atoms with Crippen molar-refractivity contribution in [3.63, 3.8) is 0 Å². The summed E-state index contributed by atoms with van der Waals surface area (Å²) < 4.78 is 10.7. The van der Waals surface area contributed by atoms with E-state index in [9.17, 15) is 0 Å². The third-order valence-electron chi connectivity index (χ3n) is 3.95. The van der Waals surface area contributed by atoms with Crippen LogP contribution >= 0.6 is 0 Å². The molecular weight excluding hydrogens is 276 g/mol. The molecule has 2 rings (SSSR count). The molecule has 1 atom stereocenters. The van der Waals surface area contributed by atoms with E-state index in [2.05, 4.69) is 42.3 Å². The number of rotatable bonds is 9. The normalized spacial score (nSPS) is 12.5. The van der Waals surface area contributed by atoms with Gasteiger partial charge in [-0.1, -0.05) is 26.0 Å². The second-order valence-electron chi connectivity index (χ2n) is 5.22. The standard InChI is InChI=1S/C18H26N2O2/c1-4-20(5-2)18(14-19-13-17-10-7-11-22-17)15-8-6-9-16(12-15)21-3/h6-12,18-19H,4-5,13-14H2,1-3H3. The summed E-state index contributed by atoms with van der Waals surface area (Å²) >= 11 is 0. The molecule has 1 N–H and O–H groups in total. The zero-order chi connectivity index (χ0) is 15.8. The van der Waals surface area contributed by atoms with Gasteiger partial charge in [-0.25, -0.2) is 0 Å². The molecule has 1 aromatic carbocycles. The molecule has 0 radical (unpaired) electrons. The monoisotopic (exact) mass is 302 g/mol. The number of likely N-dealkylation sites (N-methyl/N-ethyl adjacent to an activating group) is 1. The highest BCUT2D eigenvalue weighted by molar-refractivity contribution is 5.30. The van der Waals surface area contributed by atoms with Crippen molar-refractivity contribution in [2.75, 3.05) is 26.7 Å². The molecule has 1 unspecified atom stereocenters. The lowest BCUT2D eigenvalue weighted by molar-refractivity contribution is 0.211. The lowest BCUT2D eigenvalue weighted by atomic mass is 10.0. The lowest BCUT2D eigenvalue weighted by Crippen LogP contribution is -2.35. The summed E-state index contributed by atoms with van der Waals surface area (Å²) in [5, 5.41) is 3.50. The minimum Gasteiger partial charge on any atom is -0.497 e. The zero-order valence-electron chi connectivity index (χ0n) is 13.7. The van der Waals surface area contributed by atoms with Crippen LogP contribution in [-0.4, -0.2) is 31.6 Å². The van der Waals surface area contributed by atoms with Crippen LogP contribution in [0.5, 0.6) is 5.75 Å². The average molecular weight is 302 g/mol. The van der Waals surface area contributed by atoms with Crippen molar-refractivity contribution >= 4 is 0 Å². The topological polar surface area (TPSA) is 37.6 Å². The Morgan fingerprint density at radius 1 is 1.18 bits per heavy atom. The first-order chi connectivity index (χ1) is 10.8. The van der Waals surface area contributed by atoms with Crippen molar-refractivity contribution in [2.45, 2.75) is 26.4 Å². The molecule has 2 aromatic rings.